The lowest BCUT2D eigenvalue weighted by molar-refractivity contribution is -0.222. The van der Waals surface area contributed by atoms with Gasteiger partial charge in [-0.25, -0.2) is 0 Å². The molecule has 4 nitrogen and oxygen atoms in total. The minimum Gasteiger partial charge on any atom is -0.469 e. The number of halogens is 1. The van der Waals surface area contributed by atoms with Crippen LogP contribution < -0.4 is 0 Å². The first-order valence-corrected chi connectivity index (χ1v) is 12.6. The van der Waals surface area contributed by atoms with Crippen LogP contribution in [-0.4, -0.2) is 25.2 Å². The number of esters is 2. The van der Waals surface area contributed by atoms with Crippen LogP contribution in [0.15, 0.2) is 9.66 Å². The van der Waals surface area contributed by atoms with Crippen molar-refractivity contribution in [3.8, 4) is 0 Å². The Morgan fingerprint density at radius 2 is 1.70 bits per heavy atom. The largest absolute Gasteiger partial charge is 0.469 e. The summed E-state index contributed by atoms with van der Waals surface area (Å²) in [6.07, 6.45) is 9.58. The Labute approximate surface area is 195 Å². The fourth-order valence-electron chi connectivity index (χ4n) is 8.81. The predicted octanol–water partition coefficient (Wildman–Crippen LogP) is 6.07. The average Bonchev–Trinajstić information content (AvgIpc) is 2.99. The maximum atomic E-state index is 12.9. The van der Waals surface area contributed by atoms with Crippen LogP contribution >= 0.6 is 22.6 Å². The van der Waals surface area contributed by atoms with Gasteiger partial charge in [-0.15, -0.1) is 0 Å². The Kier molecular flexibility index (Phi) is 5.43. The Bertz CT molecular complexity index is 792. The second-order valence-electron chi connectivity index (χ2n) is 11.4. The summed E-state index contributed by atoms with van der Waals surface area (Å²) in [5, 5.41) is 0. The molecule has 3 saturated carbocycles. The number of allylic oxidation sites excluding steroid dienone is 1. The fraction of sp³-hybridized carbons (Fsp3) is 0.840. The van der Waals surface area contributed by atoms with E-state index in [9.17, 15) is 9.59 Å². The van der Waals surface area contributed by atoms with Crippen molar-refractivity contribution in [1.29, 1.82) is 0 Å². The Hall–Kier alpha value is -0.590. The molecule has 0 aromatic rings. The van der Waals surface area contributed by atoms with Crippen LogP contribution in [0.2, 0.25) is 0 Å². The van der Waals surface area contributed by atoms with Gasteiger partial charge in [-0.2, -0.15) is 0 Å². The summed E-state index contributed by atoms with van der Waals surface area (Å²) in [6, 6.07) is 0. The molecule has 4 rings (SSSR count). The molecule has 0 radical (unpaired) electrons. The normalized spacial score (nSPS) is 49.9. The average molecular weight is 528 g/mol. The van der Waals surface area contributed by atoms with E-state index in [1.807, 2.05) is 0 Å². The lowest BCUT2D eigenvalue weighted by atomic mass is 9.37. The van der Waals surface area contributed by atoms with Crippen molar-refractivity contribution in [3.05, 3.63) is 9.66 Å². The van der Waals surface area contributed by atoms with Crippen LogP contribution in [0.3, 0.4) is 0 Å². The fourth-order valence-corrected chi connectivity index (χ4v) is 9.79. The van der Waals surface area contributed by atoms with E-state index < -0.39 is 5.41 Å². The molecule has 1 unspecified atom stereocenters. The Balaban J connectivity index is 1.79. The summed E-state index contributed by atoms with van der Waals surface area (Å²) in [4.78, 5) is 25.0. The molecule has 0 aromatic heterocycles. The first-order chi connectivity index (χ1) is 13.9. The standard InChI is InChI=1S/C25H37IO4/c1-15(27)30-20-14-18-22(2)11-7-12-24(4,21(28)29-6)16(22)10-13-23(18,3)17-8-9-19(26)25(17,20)5/h9,16-18,20H,7-8,10-14H2,1-6H3/t16?,17-,18+,20+,22-,23-,24-,25+/m0/s1. The summed E-state index contributed by atoms with van der Waals surface area (Å²) in [6.45, 7) is 10.9. The van der Waals surface area contributed by atoms with Crippen LogP contribution in [-0.2, 0) is 19.1 Å². The Morgan fingerprint density at radius 1 is 1.03 bits per heavy atom. The number of hydrogen-bond acceptors (Lipinski definition) is 4. The van der Waals surface area contributed by atoms with E-state index in [2.05, 4.69) is 56.4 Å². The molecule has 0 spiro atoms. The maximum absolute atomic E-state index is 12.9. The number of carbonyl (C=O) groups is 2. The van der Waals surface area contributed by atoms with E-state index in [-0.39, 0.29) is 34.3 Å². The van der Waals surface area contributed by atoms with Gasteiger partial charge in [0.15, 0.2) is 0 Å². The second-order valence-corrected chi connectivity index (χ2v) is 12.5. The van der Waals surface area contributed by atoms with Gasteiger partial charge in [0.25, 0.3) is 0 Å². The molecule has 0 N–H and O–H groups in total. The molecule has 0 bridgehead atoms. The van der Waals surface area contributed by atoms with E-state index in [1.165, 1.54) is 17.6 Å². The van der Waals surface area contributed by atoms with E-state index in [4.69, 9.17) is 9.47 Å². The smallest absolute Gasteiger partial charge is 0.311 e. The summed E-state index contributed by atoms with van der Waals surface area (Å²) < 4.78 is 12.7. The van der Waals surface area contributed by atoms with Gasteiger partial charge in [0.2, 0.25) is 0 Å². The summed E-state index contributed by atoms with van der Waals surface area (Å²) >= 11 is 2.48. The van der Waals surface area contributed by atoms with Crippen LogP contribution in [0.4, 0.5) is 0 Å². The zero-order chi connectivity index (χ0) is 22.1. The van der Waals surface area contributed by atoms with Crippen molar-refractivity contribution in [2.75, 3.05) is 7.11 Å². The lowest BCUT2D eigenvalue weighted by Crippen LogP contribution is -2.65. The molecule has 30 heavy (non-hydrogen) atoms. The third kappa shape index (κ3) is 2.82. The van der Waals surface area contributed by atoms with Crippen molar-refractivity contribution in [2.45, 2.75) is 85.7 Å². The van der Waals surface area contributed by atoms with Crippen LogP contribution in [0.1, 0.15) is 79.6 Å². The molecule has 5 heteroatoms. The number of fused-ring (bicyclic) bond motifs is 5. The van der Waals surface area contributed by atoms with Crippen LogP contribution in [0.25, 0.3) is 0 Å². The summed E-state index contributed by atoms with van der Waals surface area (Å²) in [5.41, 5.74) is -0.263. The first kappa shape index (κ1) is 22.6. The van der Waals surface area contributed by atoms with E-state index in [1.54, 1.807) is 0 Å². The molecule has 3 fully saturated rings. The third-order valence-corrected chi connectivity index (χ3v) is 11.8. The first-order valence-electron chi connectivity index (χ1n) is 11.6. The van der Waals surface area contributed by atoms with E-state index >= 15 is 0 Å². The predicted molar refractivity (Wildman–Crippen MR) is 125 cm³/mol. The number of hydrogen-bond donors (Lipinski definition) is 0. The number of rotatable bonds is 2. The highest BCUT2D eigenvalue weighted by molar-refractivity contribution is 14.1. The number of ether oxygens (including phenoxy) is 2. The Morgan fingerprint density at radius 3 is 2.33 bits per heavy atom. The third-order valence-electron chi connectivity index (χ3n) is 10.2. The minimum absolute atomic E-state index is 0.0451. The monoisotopic (exact) mass is 528 g/mol. The van der Waals surface area contributed by atoms with Gasteiger partial charge in [0.1, 0.15) is 6.10 Å². The van der Waals surface area contributed by atoms with Crippen molar-refractivity contribution < 1.29 is 19.1 Å². The van der Waals surface area contributed by atoms with E-state index in [0.29, 0.717) is 17.8 Å². The molecule has 4 aliphatic carbocycles. The van der Waals surface area contributed by atoms with Crippen molar-refractivity contribution in [1.82, 2.24) is 0 Å². The molecule has 4 aliphatic rings. The van der Waals surface area contributed by atoms with E-state index in [0.717, 1.165) is 44.9 Å². The van der Waals surface area contributed by atoms with Crippen LogP contribution in [0, 0.1) is 39.4 Å². The van der Waals surface area contributed by atoms with Crippen molar-refractivity contribution in [3.63, 3.8) is 0 Å². The summed E-state index contributed by atoms with van der Waals surface area (Å²) in [5.74, 6) is 1.01. The highest BCUT2D eigenvalue weighted by Crippen LogP contribution is 2.74. The van der Waals surface area contributed by atoms with Gasteiger partial charge in [0, 0.05) is 12.3 Å². The topological polar surface area (TPSA) is 52.6 Å². The zero-order valence-electron chi connectivity index (χ0n) is 19.3. The molecule has 0 aromatic carbocycles. The molecular weight excluding hydrogens is 491 g/mol. The number of methoxy groups -OCH3 is 1. The van der Waals surface area contributed by atoms with Gasteiger partial charge >= 0.3 is 11.9 Å². The molecule has 0 aliphatic heterocycles. The molecular formula is C25H37IO4. The molecule has 0 saturated heterocycles. The van der Waals surface area contributed by atoms with Gasteiger partial charge in [0.05, 0.1) is 12.5 Å². The maximum Gasteiger partial charge on any atom is 0.311 e. The van der Waals surface area contributed by atoms with Crippen molar-refractivity contribution >= 4 is 34.5 Å². The lowest BCUT2D eigenvalue weighted by Gasteiger charge is -2.68. The highest BCUT2D eigenvalue weighted by Gasteiger charge is 2.69. The minimum atomic E-state index is -0.414. The van der Waals surface area contributed by atoms with Crippen molar-refractivity contribution in [2.24, 2.45) is 39.4 Å². The SMILES string of the molecule is COC(=O)[C@@]1(C)CCC[C@@]2(C)C1CC[C@@]1(C)[C@@H]3CC=C(I)[C@]3(C)[C@H](OC(C)=O)C[C@@H]12. The molecule has 8 atom stereocenters. The van der Waals surface area contributed by atoms with Gasteiger partial charge in [-0.05, 0) is 100 Å². The van der Waals surface area contributed by atoms with Gasteiger partial charge in [-0.1, -0.05) is 33.3 Å². The summed E-state index contributed by atoms with van der Waals surface area (Å²) in [7, 11) is 1.53. The molecule has 0 heterocycles. The van der Waals surface area contributed by atoms with Crippen LogP contribution in [0.5, 0.6) is 0 Å². The highest BCUT2D eigenvalue weighted by atomic mass is 127. The molecule has 168 valence electrons. The quantitative estimate of drug-likeness (QED) is 0.323. The zero-order valence-corrected chi connectivity index (χ0v) is 21.5. The van der Waals surface area contributed by atoms with Gasteiger partial charge < -0.3 is 9.47 Å². The van der Waals surface area contributed by atoms with Gasteiger partial charge in [-0.3, -0.25) is 9.59 Å². The number of carbonyl (C=O) groups excluding carboxylic acids is 2. The molecule has 0 amide bonds. The second kappa shape index (κ2) is 7.21.